The standard InChI is InChI=1S/C32H42N6O7/c1-20(2)38(26(17-30(42)43)31(44)34-18-28(40)37-13-5-6-14-37)29(41)19-33-27(39)16-23-9-11-24(12-10-23)35-32(45)36-25-15-21(3)7-8-22(25)4/h7-12,15,20,26H,5-6,13-14,16-19H2,1-4H3,(H,33,39)(H,34,44)(H,42,43)(H2,35,36,45)/t26-/m0/s1. The highest BCUT2D eigenvalue weighted by Gasteiger charge is 2.34. The number of urea groups is 1. The summed E-state index contributed by atoms with van der Waals surface area (Å²) in [7, 11) is 0. The Bertz CT molecular complexity index is 1400. The van der Waals surface area contributed by atoms with Crippen LogP contribution < -0.4 is 21.3 Å². The molecule has 0 saturated carbocycles. The first-order chi connectivity index (χ1) is 21.3. The molecular formula is C32H42N6O7. The molecule has 1 saturated heterocycles. The predicted molar refractivity (Wildman–Crippen MR) is 169 cm³/mol. The van der Waals surface area contributed by atoms with Crippen molar-refractivity contribution in [2.75, 3.05) is 36.8 Å². The Kier molecular flexibility index (Phi) is 12.5. The van der Waals surface area contributed by atoms with Crippen LogP contribution in [-0.4, -0.2) is 88.8 Å². The predicted octanol–water partition coefficient (Wildman–Crippen LogP) is 2.43. The first-order valence-corrected chi connectivity index (χ1v) is 14.9. The fourth-order valence-electron chi connectivity index (χ4n) is 5.04. The molecule has 45 heavy (non-hydrogen) atoms. The summed E-state index contributed by atoms with van der Waals surface area (Å²) in [6, 6.07) is 10.1. The van der Waals surface area contributed by atoms with Gasteiger partial charge in [0, 0.05) is 30.5 Å². The molecule has 242 valence electrons. The van der Waals surface area contributed by atoms with Crippen molar-refractivity contribution >= 4 is 47.0 Å². The van der Waals surface area contributed by atoms with Gasteiger partial charge in [-0.25, -0.2) is 4.79 Å². The summed E-state index contributed by atoms with van der Waals surface area (Å²) in [6.45, 7) is 7.57. The van der Waals surface area contributed by atoms with Gasteiger partial charge < -0.3 is 36.2 Å². The number of carboxylic acids is 1. The highest BCUT2D eigenvalue weighted by Crippen LogP contribution is 2.18. The van der Waals surface area contributed by atoms with Gasteiger partial charge in [-0.2, -0.15) is 0 Å². The molecule has 1 heterocycles. The van der Waals surface area contributed by atoms with Gasteiger partial charge in [0.25, 0.3) is 0 Å². The minimum absolute atomic E-state index is 0.0540. The van der Waals surface area contributed by atoms with E-state index in [-0.39, 0.29) is 18.9 Å². The van der Waals surface area contributed by atoms with Gasteiger partial charge in [-0.15, -0.1) is 0 Å². The molecule has 3 rings (SSSR count). The third kappa shape index (κ3) is 10.6. The van der Waals surface area contributed by atoms with E-state index in [9.17, 15) is 33.9 Å². The average molecular weight is 623 g/mol. The lowest BCUT2D eigenvalue weighted by Crippen LogP contribution is -2.56. The number of rotatable bonds is 13. The van der Waals surface area contributed by atoms with Crippen molar-refractivity contribution in [3.63, 3.8) is 0 Å². The van der Waals surface area contributed by atoms with E-state index < -0.39 is 54.8 Å². The summed E-state index contributed by atoms with van der Waals surface area (Å²) in [4.78, 5) is 77.9. The number of carboxylic acid groups (broad SMARTS) is 1. The molecule has 0 spiro atoms. The van der Waals surface area contributed by atoms with Crippen molar-refractivity contribution in [2.45, 2.75) is 65.5 Å². The molecular weight excluding hydrogens is 580 g/mol. The van der Waals surface area contributed by atoms with Crippen molar-refractivity contribution in [1.29, 1.82) is 0 Å². The fourth-order valence-corrected chi connectivity index (χ4v) is 5.04. The topological polar surface area (TPSA) is 177 Å². The molecule has 13 heteroatoms. The highest BCUT2D eigenvalue weighted by molar-refractivity contribution is 6.00. The second-order valence-electron chi connectivity index (χ2n) is 11.4. The van der Waals surface area contributed by atoms with E-state index in [1.165, 1.54) is 0 Å². The number of hydrogen-bond acceptors (Lipinski definition) is 6. The number of carbonyl (C=O) groups is 6. The maximum Gasteiger partial charge on any atom is 0.323 e. The van der Waals surface area contributed by atoms with Gasteiger partial charge in [0.1, 0.15) is 6.04 Å². The Hall–Kier alpha value is -4.94. The third-order valence-electron chi connectivity index (χ3n) is 7.38. The number of aliphatic carboxylic acids is 1. The normalized spacial score (nSPS) is 13.1. The van der Waals surface area contributed by atoms with Crippen molar-refractivity contribution in [2.24, 2.45) is 0 Å². The second-order valence-corrected chi connectivity index (χ2v) is 11.4. The number of aryl methyl sites for hydroxylation is 2. The largest absolute Gasteiger partial charge is 0.481 e. The van der Waals surface area contributed by atoms with Gasteiger partial charge in [-0.1, -0.05) is 24.3 Å². The summed E-state index contributed by atoms with van der Waals surface area (Å²) in [5, 5.41) is 20.0. The van der Waals surface area contributed by atoms with E-state index >= 15 is 0 Å². The van der Waals surface area contributed by atoms with Crippen molar-refractivity contribution in [1.82, 2.24) is 20.4 Å². The third-order valence-corrected chi connectivity index (χ3v) is 7.38. The molecule has 0 aromatic heterocycles. The molecule has 0 aliphatic carbocycles. The SMILES string of the molecule is Cc1ccc(C)c(NC(=O)Nc2ccc(CC(=O)NCC(=O)N(C(C)C)[C@@H](CC(=O)O)C(=O)NCC(=O)N3CCCC3)cc2)c1. The molecule has 2 aromatic carbocycles. The molecule has 1 aliphatic rings. The van der Waals surface area contributed by atoms with E-state index in [1.54, 1.807) is 43.0 Å². The van der Waals surface area contributed by atoms with Crippen molar-refractivity contribution in [3.05, 3.63) is 59.2 Å². The number of anilines is 2. The van der Waals surface area contributed by atoms with Crippen molar-refractivity contribution < 1.29 is 33.9 Å². The molecule has 0 bridgehead atoms. The van der Waals surface area contributed by atoms with Gasteiger partial charge in [0.05, 0.1) is 25.9 Å². The van der Waals surface area contributed by atoms with Gasteiger partial charge >= 0.3 is 12.0 Å². The zero-order valence-electron chi connectivity index (χ0n) is 26.1. The molecule has 2 aromatic rings. The van der Waals surface area contributed by atoms with Crippen LogP contribution >= 0.6 is 0 Å². The molecule has 1 atom stereocenters. The summed E-state index contributed by atoms with van der Waals surface area (Å²) >= 11 is 0. The number of amides is 6. The number of benzene rings is 2. The number of nitrogens with one attached hydrogen (secondary N) is 4. The van der Waals surface area contributed by atoms with E-state index in [2.05, 4.69) is 21.3 Å². The second kappa shape index (κ2) is 16.2. The molecule has 0 unspecified atom stereocenters. The monoisotopic (exact) mass is 622 g/mol. The van der Waals surface area contributed by atoms with Crippen LogP contribution in [-0.2, 0) is 30.4 Å². The molecule has 5 N–H and O–H groups in total. The first kappa shape index (κ1) is 34.5. The zero-order valence-corrected chi connectivity index (χ0v) is 26.1. The fraction of sp³-hybridized carbons (Fsp3) is 0.438. The van der Waals surface area contributed by atoms with Crippen LogP contribution in [0.25, 0.3) is 0 Å². The first-order valence-electron chi connectivity index (χ1n) is 14.9. The molecule has 0 radical (unpaired) electrons. The summed E-state index contributed by atoms with van der Waals surface area (Å²) in [6.07, 6.45) is 1.06. The molecule has 6 amide bonds. The maximum atomic E-state index is 13.2. The smallest absolute Gasteiger partial charge is 0.323 e. The van der Waals surface area contributed by atoms with Crippen LogP contribution in [0.4, 0.5) is 16.2 Å². The lowest BCUT2D eigenvalue weighted by molar-refractivity contribution is -0.148. The maximum absolute atomic E-state index is 13.2. The molecule has 1 aliphatic heterocycles. The van der Waals surface area contributed by atoms with Crippen LogP contribution in [0.1, 0.15) is 49.8 Å². The van der Waals surface area contributed by atoms with Crippen LogP contribution in [0.5, 0.6) is 0 Å². The molecule has 1 fully saturated rings. The lowest BCUT2D eigenvalue weighted by atomic mass is 10.1. The van der Waals surface area contributed by atoms with Gasteiger partial charge in [-0.05, 0) is 75.4 Å². The Balaban J connectivity index is 1.53. The zero-order chi connectivity index (χ0) is 33.1. The van der Waals surface area contributed by atoms with E-state index in [4.69, 9.17) is 0 Å². The summed E-state index contributed by atoms with van der Waals surface area (Å²) < 4.78 is 0. The van der Waals surface area contributed by atoms with Crippen LogP contribution in [0, 0.1) is 13.8 Å². The van der Waals surface area contributed by atoms with Crippen LogP contribution in [0.15, 0.2) is 42.5 Å². The van der Waals surface area contributed by atoms with Gasteiger partial charge in [0.15, 0.2) is 0 Å². The minimum atomic E-state index is -1.37. The van der Waals surface area contributed by atoms with E-state index in [1.807, 2.05) is 32.0 Å². The van der Waals surface area contributed by atoms with E-state index in [0.717, 1.165) is 28.9 Å². The van der Waals surface area contributed by atoms with Crippen LogP contribution in [0.3, 0.4) is 0 Å². The van der Waals surface area contributed by atoms with Crippen LogP contribution in [0.2, 0.25) is 0 Å². The Labute approximate surface area is 262 Å². The Morgan fingerprint density at radius 3 is 2.18 bits per heavy atom. The molecule has 13 nitrogen and oxygen atoms in total. The number of hydrogen-bond donors (Lipinski definition) is 5. The van der Waals surface area contributed by atoms with Gasteiger partial charge in [-0.3, -0.25) is 24.0 Å². The van der Waals surface area contributed by atoms with Gasteiger partial charge in [0.2, 0.25) is 23.6 Å². The highest BCUT2D eigenvalue weighted by atomic mass is 16.4. The number of likely N-dealkylation sites (tertiary alicyclic amines) is 1. The quantitative estimate of drug-likeness (QED) is 0.228. The lowest BCUT2D eigenvalue weighted by Gasteiger charge is -2.33. The Morgan fingerprint density at radius 1 is 0.889 bits per heavy atom. The summed E-state index contributed by atoms with van der Waals surface area (Å²) in [5.74, 6) is -3.41. The minimum Gasteiger partial charge on any atom is -0.481 e. The summed E-state index contributed by atoms with van der Waals surface area (Å²) in [5.41, 5.74) is 3.80. The van der Waals surface area contributed by atoms with Crippen molar-refractivity contribution in [3.8, 4) is 0 Å². The number of nitrogens with zero attached hydrogens (tertiary/aromatic N) is 2. The number of carbonyl (C=O) groups excluding carboxylic acids is 5. The van der Waals surface area contributed by atoms with E-state index in [0.29, 0.717) is 30.0 Å². The Morgan fingerprint density at radius 2 is 1.56 bits per heavy atom. The average Bonchev–Trinajstić information content (AvgIpc) is 3.52.